The molecular formula is C25H38N+. The lowest BCUT2D eigenvalue weighted by molar-refractivity contribution is -0.586. The SMILES string of the molecule is CCCCC#Cc1cccc[n+]1C#CCCCCCCCCCCCC. The molecule has 0 saturated heterocycles. The van der Waals surface area contributed by atoms with E-state index >= 15 is 0 Å². The Kier molecular flexibility index (Phi) is 14.4. The number of rotatable bonds is 12. The Hall–Kier alpha value is -1.73. The summed E-state index contributed by atoms with van der Waals surface area (Å²) in [5, 5.41) is 0. The van der Waals surface area contributed by atoms with Gasteiger partial charge in [0.2, 0.25) is 6.04 Å². The first kappa shape index (κ1) is 22.3. The van der Waals surface area contributed by atoms with Crippen LogP contribution >= 0.6 is 0 Å². The Morgan fingerprint density at radius 3 is 2.00 bits per heavy atom. The van der Waals surface area contributed by atoms with Crippen LogP contribution in [0.2, 0.25) is 0 Å². The average Bonchev–Trinajstić information content (AvgIpc) is 2.67. The Morgan fingerprint density at radius 2 is 1.31 bits per heavy atom. The van der Waals surface area contributed by atoms with Gasteiger partial charge in [0.1, 0.15) is 0 Å². The second-order valence-corrected chi connectivity index (χ2v) is 7.08. The molecule has 0 amide bonds. The molecule has 0 aliphatic rings. The van der Waals surface area contributed by atoms with Crippen molar-refractivity contribution in [3.8, 4) is 23.8 Å². The highest BCUT2D eigenvalue weighted by molar-refractivity contribution is 5.23. The maximum atomic E-state index is 3.31. The summed E-state index contributed by atoms with van der Waals surface area (Å²) in [5.74, 6) is 9.82. The smallest absolute Gasteiger partial charge is 0.104 e. The summed E-state index contributed by atoms with van der Waals surface area (Å²) in [6.07, 6.45) is 20.1. The van der Waals surface area contributed by atoms with E-state index in [4.69, 9.17) is 0 Å². The van der Waals surface area contributed by atoms with Crippen molar-refractivity contribution < 1.29 is 4.57 Å². The second-order valence-electron chi connectivity index (χ2n) is 7.08. The van der Waals surface area contributed by atoms with E-state index in [9.17, 15) is 0 Å². The van der Waals surface area contributed by atoms with E-state index in [1.54, 1.807) is 0 Å². The Labute approximate surface area is 162 Å². The van der Waals surface area contributed by atoms with Gasteiger partial charge < -0.3 is 0 Å². The van der Waals surface area contributed by atoms with Crippen LogP contribution < -0.4 is 4.57 Å². The van der Waals surface area contributed by atoms with Crippen molar-refractivity contribution in [2.45, 2.75) is 104 Å². The molecule has 1 aromatic rings. The minimum atomic E-state index is 0.970. The number of unbranched alkanes of at least 4 members (excludes halogenated alkanes) is 12. The lowest BCUT2D eigenvalue weighted by atomic mass is 10.1. The largest absolute Gasteiger partial charge is 0.271 e. The molecule has 1 heterocycles. The zero-order valence-corrected chi connectivity index (χ0v) is 17.2. The zero-order chi connectivity index (χ0) is 18.7. The molecule has 0 aliphatic carbocycles. The van der Waals surface area contributed by atoms with E-state index < -0.39 is 0 Å². The normalized spacial score (nSPS) is 9.92. The Bertz CT molecular complexity index is 579. The molecule has 26 heavy (non-hydrogen) atoms. The van der Waals surface area contributed by atoms with Crippen LogP contribution in [0.4, 0.5) is 0 Å². The lowest BCUT2D eigenvalue weighted by Gasteiger charge is -2.00. The van der Waals surface area contributed by atoms with Crippen molar-refractivity contribution in [3.63, 3.8) is 0 Å². The molecule has 0 spiro atoms. The van der Waals surface area contributed by atoms with E-state index in [0.29, 0.717) is 0 Å². The molecule has 0 unspecified atom stereocenters. The second kappa shape index (κ2) is 16.7. The third-order valence-electron chi connectivity index (χ3n) is 4.59. The lowest BCUT2D eigenvalue weighted by Crippen LogP contribution is -2.31. The van der Waals surface area contributed by atoms with Gasteiger partial charge in [0.05, 0.1) is 0 Å². The standard InChI is InChI=1S/C25H38N/c1-3-5-7-9-10-11-12-13-14-15-16-19-23-26-24-20-18-22-25(26)21-17-8-6-4-2/h18,20,22,24H,3-16H2,1-2H3/q+1. The van der Waals surface area contributed by atoms with Crippen molar-refractivity contribution in [1.29, 1.82) is 0 Å². The molecular weight excluding hydrogens is 314 g/mol. The predicted molar refractivity (Wildman–Crippen MR) is 113 cm³/mol. The fraction of sp³-hybridized carbons (Fsp3) is 0.640. The molecule has 0 aromatic carbocycles. The monoisotopic (exact) mass is 352 g/mol. The fourth-order valence-corrected chi connectivity index (χ4v) is 2.90. The van der Waals surface area contributed by atoms with Crippen molar-refractivity contribution in [3.05, 3.63) is 30.1 Å². The van der Waals surface area contributed by atoms with Gasteiger partial charge >= 0.3 is 0 Å². The van der Waals surface area contributed by atoms with Crippen LogP contribution in [0.15, 0.2) is 24.4 Å². The number of aromatic nitrogens is 1. The number of pyridine rings is 1. The summed E-state index contributed by atoms with van der Waals surface area (Å²) in [6, 6.07) is 9.35. The molecule has 0 fully saturated rings. The van der Waals surface area contributed by atoms with Gasteiger partial charge in [-0.25, -0.2) is 0 Å². The van der Waals surface area contributed by atoms with Crippen LogP contribution in [-0.4, -0.2) is 0 Å². The highest BCUT2D eigenvalue weighted by atomic mass is 14.9. The average molecular weight is 353 g/mol. The number of nitrogens with zero attached hydrogens (tertiary/aromatic N) is 1. The van der Waals surface area contributed by atoms with Crippen LogP contribution in [0.3, 0.4) is 0 Å². The van der Waals surface area contributed by atoms with Crippen LogP contribution in [0.1, 0.15) is 109 Å². The van der Waals surface area contributed by atoms with Crippen molar-refractivity contribution in [2.75, 3.05) is 0 Å². The Balaban J connectivity index is 2.18. The summed E-state index contributed by atoms with van der Waals surface area (Å²) in [6.45, 7) is 4.48. The summed E-state index contributed by atoms with van der Waals surface area (Å²) >= 11 is 0. The van der Waals surface area contributed by atoms with Crippen LogP contribution in [0, 0.1) is 23.8 Å². The summed E-state index contributed by atoms with van der Waals surface area (Å²) in [7, 11) is 0. The van der Waals surface area contributed by atoms with Gasteiger partial charge in [0.15, 0.2) is 6.20 Å². The maximum absolute atomic E-state index is 3.31. The van der Waals surface area contributed by atoms with Gasteiger partial charge in [0, 0.05) is 30.9 Å². The van der Waals surface area contributed by atoms with Crippen molar-refractivity contribution in [1.82, 2.24) is 0 Å². The highest BCUT2D eigenvalue weighted by Gasteiger charge is 2.02. The van der Waals surface area contributed by atoms with Gasteiger partial charge in [-0.2, -0.15) is 0 Å². The third kappa shape index (κ3) is 11.8. The summed E-state index contributed by atoms with van der Waals surface area (Å²) < 4.78 is 1.97. The topological polar surface area (TPSA) is 3.88 Å². The molecule has 0 atom stereocenters. The first-order chi connectivity index (χ1) is 12.9. The maximum Gasteiger partial charge on any atom is 0.271 e. The summed E-state index contributed by atoms with van der Waals surface area (Å²) in [5.41, 5.74) is 0.999. The zero-order valence-electron chi connectivity index (χ0n) is 17.2. The molecule has 0 radical (unpaired) electrons. The molecule has 142 valence electrons. The first-order valence-corrected chi connectivity index (χ1v) is 10.9. The predicted octanol–water partition coefficient (Wildman–Crippen LogP) is 6.64. The van der Waals surface area contributed by atoms with Crippen molar-refractivity contribution in [2.24, 2.45) is 0 Å². The molecule has 0 N–H and O–H groups in total. The van der Waals surface area contributed by atoms with Gasteiger partial charge in [-0.3, -0.25) is 0 Å². The molecule has 0 aliphatic heterocycles. The molecule has 1 heteroatoms. The molecule has 0 bridgehead atoms. The Morgan fingerprint density at radius 1 is 0.692 bits per heavy atom. The van der Waals surface area contributed by atoms with Gasteiger partial charge in [-0.15, -0.1) is 4.57 Å². The fourth-order valence-electron chi connectivity index (χ4n) is 2.90. The minimum Gasteiger partial charge on any atom is -0.104 e. The van der Waals surface area contributed by atoms with E-state index in [0.717, 1.165) is 18.5 Å². The van der Waals surface area contributed by atoms with E-state index in [1.807, 2.05) is 29.0 Å². The van der Waals surface area contributed by atoms with Gasteiger partial charge in [0.25, 0.3) is 5.69 Å². The van der Waals surface area contributed by atoms with Crippen molar-refractivity contribution >= 4 is 0 Å². The van der Waals surface area contributed by atoms with Gasteiger partial charge in [-0.1, -0.05) is 84.0 Å². The number of hydrogen-bond acceptors (Lipinski definition) is 0. The van der Waals surface area contributed by atoms with E-state index in [-0.39, 0.29) is 0 Å². The van der Waals surface area contributed by atoms with Gasteiger partial charge in [-0.05, 0) is 24.8 Å². The highest BCUT2D eigenvalue weighted by Crippen LogP contribution is 2.10. The van der Waals surface area contributed by atoms with E-state index in [1.165, 1.54) is 77.0 Å². The van der Waals surface area contributed by atoms with Crippen LogP contribution in [-0.2, 0) is 0 Å². The number of hydrogen-bond donors (Lipinski definition) is 0. The minimum absolute atomic E-state index is 0.970. The first-order valence-electron chi connectivity index (χ1n) is 10.9. The molecule has 0 saturated carbocycles. The quantitative estimate of drug-likeness (QED) is 0.226. The van der Waals surface area contributed by atoms with E-state index in [2.05, 4.69) is 37.7 Å². The third-order valence-corrected chi connectivity index (χ3v) is 4.59. The molecule has 1 aromatic heterocycles. The summed E-state index contributed by atoms with van der Waals surface area (Å²) in [4.78, 5) is 0. The molecule has 1 rings (SSSR count). The van der Waals surface area contributed by atoms with Crippen LogP contribution in [0.5, 0.6) is 0 Å². The van der Waals surface area contributed by atoms with Crippen LogP contribution in [0.25, 0.3) is 0 Å². The molecule has 1 nitrogen and oxygen atoms in total.